The fraction of sp³-hybridized carbons (Fsp3) is 0.714. The summed E-state index contributed by atoms with van der Waals surface area (Å²) in [4.78, 5) is 10.7. The lowest BCUT2D eigenvalue weighted by Gasteiger charge is -2.30. The molecule has 0 atom stereocenters. The van der Waals surface area contributed by atoms with E-state index in [1.165, 1.54) is 0 Å². The zero-order valence-electron chi connectivity index (χ0n) is 7.87. The first kappa shape index (κ1) is 11.5. The van der Waals surface area contributed by atoms with Gasteiger partial charge < -0.3 is 22.0 Å². The molecule has 0 aromatic heterocycles. The van der Waals surface area contributed by atoms with Crippen molar-refractivity contribution in [2.75, 3.05) is 0 Å². The number of primary amides is 1. The number of nitrogens with one attached hydrogen (secondary N) is 1. The summed E-state index contributed by atoms with van der Waals surface area (Å²) in [6, 6.07) is -0.685. The zero-order chi connectivity index (χ0) is 10.5. The van der Waals surface area contributed by atoms with Crippen molar-refractivity contribution in [2.45, 2.75) is 32.2 Å². The summed E-state index contributed by atoms with van der Waals surface area (Å²) >= 11 is 0. The third kappa shape index (κ3) is 2.50. The molecule has 0 unspecified atom stereocenters. The van der Waals surface area contributed by atoms with Gasteiger partial charge in [-0.2, -0.15) is 0 Å². The number of hydrogen-bond acceptors (Lipinski definition) is 3. The number of carbonyl (C=O) groups excluding carboxylic acids is 1. The topological polar surface area (TPSA) is 114 Å². The van der Waals surface area contributed by atoms with Crippen LogP contribution in [0.5, 0.6) is 0 Å². The number of oxime groups is 1. The van der Waals surface area contributed by atoms with Gasteiger partial charge in [0.1, 0.15) is 5.54 Å². The Labute approximate surface area is 77.0 Å². The Morgan fingerprint density at radius 2 is 1.92 bits per heavy atom. The maximum Gasteiger partial charge on any atom is 0.312 e. The van der Waals surface area contributed by atoms with Crippen LogP contribution in [0.1, 0.15) is 26.7 Å². The Hall–Kier alpha value is -1.46. The van der Waals surface area contributed by atoms with Gasteiger partial charge in [-0.25, -0.2) is 4.79 Å². The van der Waals surface area contributed by atoms with Gasteiger partial charge in [0.05, 0.1) is 0 Å². The minimum absolute atomic E-state index is 0.0312. The Morgan fingerprint density at radius 3 is 2.15 bits per heavy atom. The first-order chi connectivity index (χ1) is 6.02. The predicted octanol–water partition coefficient (Wildman–Crippen LogP) is -0.0401. The maximum atomic E-state index is 10.7. The van der Waals surface area contributed by atoms with Crippen LogP contribution in [-0.2, 0) is 0 Å². The number of nitrogens with two attached hydrogens (primary N) is 2. The second kappa shape index (κ2) is 4.54. The van der Waals surface area contributed by atoms with Gasteiger partial charge in [-0.1, -0.05) is 19.0 Å². The van der Waals surface area contributed by atoms with Crippen molar-refractivity contribution < 1.29 is 10.0 Å². The summed E-state index contributed by atoms with van der Waals surface area (Å²) < 4.78 is 0. The molecule has 6 nitrogen and oxygen atoms in total. The first-order valence-corrected chi connectivity index (χ1v) is 4.08. The summed E-state index contributed by atoms with van der Waals surface area (Å²) in [7, 11) is 0. The monoisotopic (exact) mass is 188 g/mol. The standard InChI is InChI=1S/C7H16N4O2/c1-3-7(4-2,5(8)11-13)10-6(9)12/h13H,3-4H2,1-2H3,(H2,8,11)(H3,9,10,12). The molecule has 76 valence electrons. The molecule has 0 bridgehead atoms. The van der Waals surface area contributed by atoms with E-state index in [0.717, 1.165) is 0 Å². The highest BCUT2D eigenvalue weighted by molar-refractivity contribution is 5.93. The van der Waals surface area contributed by atoms with Crippen molar-refractivity contribution in [1.29, 1.82) is 0 Å². The molecule has 0 saturated carbocycles. The molecule has 0 aliphatic heterocycles. The van der Waals surface area contributed by atoms with E-state index in [-0.39, 0.29) is 5.84 Å². The fourth-order valence-electron chi connectivity index (χ4n) is 1.18. The van der Waals surface area contributed by atoms with Crippen molar-refractivity contribution in [2.24, 2.45) is 16.6 Å². The number of amides is 2. The predicted molar refractivity (Wildman–Crippen MR) is 49.4 cm³/mol. The van der Waals surface area contributed by atoms with Crippen molar-refractivity contribution in [3.8, 4) is 0 Å². The van der Waals surface area contributed by atoms with Crippen LogP contribution in [0, 0.1) is 0 Å². The van der Waals surface area contributed by atoms with Gasteiger partial charge in [0, 0.05) is 0 Å². The van der Waals surface area contributed by atoms with E-state index in [9.17, 15) is 4.79 Å². The SMILES string of the molecule is CCC(CC)(NC(N)=O)/C(N)=N/O. The summed E-state index contributed by atoms with van der Waals surface area (Å²) in [6.07, 6.45) is 1.03. The first-order valence-electron chi connectivity index (χ1n) is 4.08. The average molecular weight is 188 g/mol. The molecule has 0 fully saturated rings. The normalized spacial score (nSPS) is 12.6. The van der Waals surface area contributed by atoms with Crippen molar-refractivity contribution in [3.05, 3.63) is 0 Å². The second-order valence-electron chi connectivity index (χ2n) is 2.76. The number of hydrogen-bond donors (Lipinski definition) is 4. The quantitative estimate of drug-likeness (QED) is 0.215. The summed E-state index contributed by atoms with van der Waals surface area (Å²) in [5.74, 6) is -0.0312. The van der Waals surface area contributed by atoms with Crippen LogP contribution < -0.4 is 16.8 Å². The molecule has 0 rings (SSSR count). The third-order valence-corrected chi connectivity index (χ3v) is 2.17. The Kier molecular flexibility index (Phi) is 4.03. The van der Waals surface area contributed by atoms with Crippen molar-refractivity contribution >= 4 is 11.9 Å². The van der Waals surface area contributed by atoms with Gasteiger partial charge in [-0.3, -0.25) is 0 Å². The average Bonchev–Trinajstić information content (AvgIpc) is 2.12. The lowest BCUT2D eigenvalue weighted by molar-refractivity contribution is 0.238. The molecule has 13 heavy (non-hydrogen) atoms. The summed E-state index contributed by atoms with van der Waals surface area (Å²) in [5, 5.41) is 13.9. The lowest BCUT2D eigenvalue weighted by atomic mass is 9.92. The molecule has 0 radical (unpaired) electrons. The van der Waals surface area contributed by atoms with Crippen LogP contribution in [0.25, 0.3) is 0 Å². The molecule has 0 aromatic rings. The summed E-state index contributed by atoms with van der Waals surface area (Å²) in [5.41, 5.74) is 9.60. The number of urea groups is 1. The Bertz CT molecular complexity index is 211. The van der Waals surface area contributed by atoms with E-state index >= 15 is 0 Å². The molecule has 0 saturated heterocycles. The zero-order valence-corrected chi connectivity index (χ0v) is 7.87. The van der Waals surface area contributed by atoms with Crippen LogP contribution >= 0.6 is 0 Å². The maximum absolute atomic E-state index is 10.7. The highest BCUT2D eigenvalue weighted by Gasteiger charge is 2.32. The van der Waals surface area contributed by atoms with Crippen LogP contribution in [0.15, 0.2) is 5.16 Å². The molecule has 0 aliphatic rings. The van der Waals surface area contributed by atoms with Crippen LogP contribution in [0.4, 0.5) is 4.79 Å². The lowest BCUT2D eigenvalue weighted by Crippen LogP contribution is -2.58. The second-order valence-corrected chi connectivity index (χ2v) is 2.76. The minimum atomic E-state index is -0.833. The van der Waals surface area contributed by atoms with E-state index in [1.54, 1.807) is 0 Å². The molecular weight excluding hydrogens is 172 g/mol. The van der Waals surface area contributed by atoms with E-state index < -0.39 is 11.6 Å². The van der Waals surface area contributed by atoms with Crippen molar-refractivity contribution in [3.63, 3.8) is 0 Å². The van der Waals surface area contributed by atoms with Crippen LogP contribution in [0.3, 0.4) is 0 Å². The van der Waals surface area contributed by atoms with Gasteiger partial charge in [-0.05, 0) is 12.8 Å². The van der Waals surface area contributed by atoms with Gasteiger partial charge >= 0.3 is 6.03 Å². The highest BCUT2D eigenvalue weighted by Crippen LogP contribution is 2.14. The van der Waals surface area contributed by atoms with E-state index in [4.69, 9.17) is 16.7 Å². The molecule has 0 aromatic carbocycles. The molecule has 6 heteroatoms. The van der Waals surface area contributed by atoms with E-state index in [0.29, 0.717) is 12.8 Å². The van der Waals surface area contributed by atoms with Gasteiger partial charge in [0.2, 0.25) is 0 Å². The van der Waals surface area contributed by atoms with Gasteiger partial charge in [-0.15, -0.1) is 0 Å². The molecule has 0 aliphatic carbocycles. The van der Waals surface area contributed by atoms with Gasteiger partial charge in [0.25, 0.3) is 0 Å². The molecular formula is C7H16N4O2. The van der Waals surface area contributed by atoms with Gasteiger partial charge in [0.15, 0.2) is 5.84 Å². The fourth-order valence-corrected chi connectivity index (χ4v) is 1.18. The molecule has 0 spiro atoms. The number of nitrogens with zero attached hydrogens (tertiary/aromatic N) is 1. The van der Waals surface area contributed by atoms with Crippen LogP contribution in [0.2, 0.25) is 0 Å². The Balaban J connectivity index is 4.79. The molecule has 2 amide bonds. The van der Waals surface area contributed by atoms with Crippen LogP contribution in [-0.4, -0.2) is 22.6 Å². The highest BCUT2D eigenvalue weighted by atomic mass is 16.4. The number of rotatable bonds is 4. The summed E-state index contributed by atoms with van der Waals surface area (Å²) in [6.45, 7) is 3.63. The number of amidine groups is 1. The Morgan fingerprint density at radius 1 is 1.46 bits per heavy atom. The third-order valence-electron chi connectivity index (χ3n) is 2.17. The number of carbonyl (C=O) groups is 1. The smallest absolute Gasteiger partial charge is 0.312 e. The molecule has 6 N–H and O–H groups in total. The largest absolute Gasteiger partial charge is 0.409 e. The van der Waals surface area contributed by atoms with E-state index in [2.05, 4.69) is 10.5 Å². The van der Waals surface area contributed by atoms with Crippen molar-refractivity contribution in [1.82, 2.24) is 5.32 Å². The van der Waals surface area contributed by atoms with E-state index in [1.807, 2.05) is 13.8 Å². The minimum Gasteiger partial charge on any atom is -0.409 e. The molecule has 0 heterocycles.